The summed E-state index contributed by atoms with van der Waals surface area (Å²) in [4.78, 5) is 0. The summed E-state index contributed by atoms with van der Waals surface area (Å²) in [6.45, 7) is 4.54. The van der Waals surface area contributed by atoms with Gasteiger partial charge in [-0.15, -0.1) is 6.58 Å². The van der Waals surface area contributed by atoms with E-state index < -0.39 is 24.0 Å². The molecule has 0 radical (unpaired) electrons. The van der Waals surface area contributed by atoms with Gasteiger partial charge in [0, 0.05) is 5.57 Å². The molecule has 0 fully saturated rings. The van der Waals surface area contributed by atoms with Crippen LogP contribution in [0.5, 0.6) is 0 Å². The Morgan fingerprint density at radius 2 is 1.93 bits per heavy atom. The topological polar surface area (TPSA) is 40.5 Å². The molecular formula is C10H15F3O2. The fourth-order valence-electron chi connectivity index (χ4n) is 0.930. The van der Waals surface area contributed by atoms with Gasteiger partial charge >= 0.3 is 6.18 Å². The van der Waals surface area contributed by atoms with E-state index in [1.807, 2.05) is 0 Å². The van der Waals surface area contributed by atoms with Crippen LogP contribution in [0.2, 0.25) is 0 Å². The Balaban J connectivity index is 4.50. The van der Waals surface area contributed by atoms with Gasteiger partial charge < -0.3 is 10.2 Å². The second kappa shape index (κ2) is 5.92. The number of rotatable bonds is 5. The molecular weight excluding hydrogens is 209 g/mol. The van der Waals surface area contributed by atoms with E-state index in [2.05, 4.69) is 6.58 Å². The highest BCUT2D eigenvalue weighted by molar-refractivity contribution is 5.12. The van der Waals surface area contributed by atoms with Crippen molar-refractivity contribution in [3.63, 3.8) is 0 Å². The zero-order valence-corrected chi connectivity index (χ0v) is 8.46. The largest absolute Gasteiger partial charge is 0.412 e. The van der Waals surface area contributed by atoms with Crippen LogP contribution in [0.1, 0.15) is 19.8 Å². The van der Waals surface area contributed by atoms with E-state index in [1.54, 1.807) is 0 Å². The normalized spacial score (nSPS) is 17.3. The van der Waals surface area contributed by atoms with Crippen molar-refractivity contribution in [3.8, 4) is 0 Å². The highest BCUT2D eigenvalue weighted by Gasteiger charge is 2.32. The number of halogens is 3. The third kappa shape index (κ3) is 5.59. The van der Waals surface area contributed by atoms with Crippen molar-refractivity contribution in [3.05, 3.63) is 24.3 Å². The fraction of sp³-hybridized carbons (Fsp3) is 0.600. The molecule has 0 spiro atoms. The summed E-state index contributed by atoms with van der Waals surface area (Å²) in [7, 11) is 0. The van der Waals surface area contributed by atoms with Gasteiger partial charge in [-0.05, 0) is 19.8 Å². The first kappa shape index (κ1) is 14.2. The quantitative estimate of drug-likeness (QED) is 0.703. The smallest absolute Gasteiger partial charge is 0.391 e. The van der Waals surface area contributed by atoms with Crippen LogP contribution >= 0.6 is 0 Å². The molecule has 2 atom stereocenters. The van der Waals surface area contributed by atoms with Gasteiger partial charge in [0.2, 0.25) is 0 Å². The van der Waals surface area contributed by atoms with Gasteiger partial charge in [-0.3, -0.25) is 0 Å². The maximum Gasteiger partial charge on any atom is 0.412 e. The van der Waals surface area contributed by atoms with E-state index in [9.17, 15) is 13.2 Å². The Morgan fingerprint density at radius 1 is 1.40 bits per heavy atom. The van der Waals surface area contributed by atoms with Gasteiger partial charge in [0.25, 0.3) is 0 Å². The van der Waals surface area contributed by atoms with Crippen LogP contribution in [0.3, 0.4) is 0 Å². The van der Waals surface area contributed by atoms with Crippen molar-refractivity contribution in [2.45, 2.75) is 38.1 Å². The summed E-state index contributed by atoms with van der Waals surface area (Å²) < 4.78 is 36.9. The lowest BCUT2D eigenvalue weighted by Crippen LogP contribution is -2.22. The van der Waals surface area contributed by atoms with Crippen molar-refractivity contribution in [2.75, 3.05) is 0 Å². The molecule has 0 aromatic carbocycles. The lowest BCUT2D eigenvalue weighted by molar-refractivity contribution is -0.0934. The average Bonchev–Trinajstić information content (AvgIpc) is 2.09. The van der Waals surface area contributed by atoms with E-state index in [4.69, 9.17) is 10.2 Å². The highest BCUT2D eigenvalue weighted by Crippen LogP contribution is 2.28. The van der Waals surface area contributed by atoms with Crippen LogP contribution in [0, 0.1) is 0 Å². The number of allylic oxidation sites excluding steroid dienone is 2. The molecule has 0 rings (SSSR count). The van der Waals surface area contributed by atoms with Crippen LogP contribution in [0.25, 0.3) is 0 Å². The third-order valence-electron chi connectivity index (χ3n) is 1.89. The molecule has 0 saturated carbocycles. The number of aliphatic hydroxyl groups excluding tert-OH is 2. The molecule has 0 unspecified atom stereocenters. The number of hydrogen-bond donors (Lipinski definition) is 2. The minimum absolute atomic E-state index is 0.222. The summed E-state index contributed by atoms with van der Waals surface area (Å²) in [6, 6.07) is 0. The van der Waals surface area contributed by atoms with Crippen LogP contribution in [-0.4, -0.2) is 28.6 Å². The maximum atomic E-state index is 12.3. The molecule has 0 aromatic heterocycles. The first-order valence-electron chi connectivity index (χ1n) is 4.52. The molecule has 0 amide bonds. The third-order valence-corrected chi connectivity index (χ3v) is 1.89. The van der Waals surface area contributed by atoms with E-state index in [0.717, 1.165) is 12.2 Å². The van der Waals surface area contributed by atoms with Gasteiger partial charge in [-0.25, -0.2) is 0 Å². The van der Waals surface area contributed by atoms with Gasteiger partial charge in [-0.1, -0.05) is 12.2 Å². The molecule has 5 heteroatoms. The zero-order chi connectivity index (χ0) is 12.1. The Labute approximate surface area is 86.7 Å². The molecule has 0 heterocycles. The minimum Gasteiger partial charge on any atom is -0.391 e. The predicted octanol–water partition coefficient (Wildman–Crippen LogP) is 2.18. The van der Waals surface area contributed by atoms with Crippen LogP contribution in [0.4, 0.5) is 13.2 Å². The molecule has 88 valence electrons. The highest BCUT2D eigenvalue weighted by atomic mass is 19.4. The van der Waals surface area contributed by atoms with Crippen molar-refractivity contribution >= 4 is 0 Å². The fourth-order valence-corrected chi connectivity index (χ4v) is 0.930. The summed E-state index contributed by atoms with van der Waals surface area (Å²) >= 11 is 0. The Bertz CT molecular complexity index is 231. The number of aliphatic hydroxyl groups is 2. The summed E-state index contributed by atoms with van der Waals surface area (Å²) in [5.41, 5.74) is -0.753. The van der Waals surface area contributed by atoms with E-state index >= 15 is 0 Å². The first-order chi connectivity index (χ1) is 6.79. The van der Waals surface area contributed by atoms with Crippen LogP contribution in [0.15, 0.2) is 24.3 Å². The Morgan fingerprint density at radius 3 is 2.27 bits per heavy atom. The van der Waals surface area contributed by atoms with E-state index in [1.165, 1.54) is 6.92 Å². The van der Waals surface area contributed by atoms with Crippen molar-refractivity contribution in [2.24, 2.45) is 0 Å². The molecule has 2 N–H and O–H groups in total. The molecule has 0 saturated heterocycles. The Hall–Kier alpha value is -0.810. The van der Waals surface area contributed by atoms with Crippen LogP contribution in [-0.2, 0) is 0 Å². The SMILES string of the molecule is C=CC/C(=C\C[C@H](O)[C@@H](C)O)C(F)(F)F. The van der Waals surface area contributed by atoms with Crippen LogP contribution < -0.4 is 0 Å². The van der Waals surface area contributed by atoms with Crippen molar-refractivity contribution in [1.29, 1.82) is 0 Å². The number of alkyl halides is 3. The molecule has 15 heavy (non-hydrogen) atoms. The van der Waals surface area contributed by atoms with Gasteiger partial charge in [-0.2, -0.15) is 13.2 Å². The molecule has 0 aromatic rings. The molecule has 0 aliphatic carbocycles. The first-order valence-corrected chi connectivity index (χ1v) is 4.52. The second-order valence-electron chi connectivity index (χ2n) is 3.26. The summed E-state index contributed by atoms with van der Waals surface area (Å²) in [5, 5.41) is 18.0. The lowest BCUT2D eigenvalue weighted by atomic mass is 10.1. The predicted molar refractivity (Wildman–Crippen MR) is 51.3 cm³/mol. The second-order valence-corrected chi connectivity index (χ2v) is 3.26. The van der Waals surface area contributed by atoms with Crippen molar-refractivity contribution in [1.82, 2.24) is 0 Å². The molecule has 0 bridgehead atoms. The Kier molecular flexibility index (Phi) is 5.60. The lowest BCUT2D eigenvalue weighted by Gasteiger charge is -2.13. The number of hydrogen-bond acceptors (Lipinski definition) is 2. The summed E-state index contributed by atoms with van der Waals surface area (Å²) in [6.07, 6.45) is -5.11. The molecule has 0 aliphatic heterocycles. The van der Waals surface area contributed by atoms with Gasteiger partial charge in [0.1, 0.15) is 0 Å². The molecule has 2 nitrogen and oxygen atoms in total. The van der Waals surface area contributed by atoms with Gasteiger partial charge in [0.05, 0.1) is 12.2 Å². The van der Waals surface area contributed by atoms with Crippen molar-refractivity contribution < 1.29 is 23.4 Å². The zero-order valence-electron chi connectivity index (χ0n) is 8.46. The molecule has 0 aliphatic rings. The minimum atomic E-state index is -4.41. The van der Waals surface area contributed by atoms with E-state index in [0.29, 0.717) is 0 Å². The maximum absolute atomic E-state index is 12.3. The van der Waals surface area contributed by atoms with E-state index in [-0.39, 0.29) is 12.8 Å². The summed E-state index contributed by atoms with van der Waals surface area (Å²) in [5.74, 6) is 0. The monoisotopic (exact) mass is 224 g/mol. The standard InChI is InChI=1S/C10H15F3O2/c1-3-4-8(10(11,12)13)5-6-9(15)7(2)14/h3,5,7,9,14-15H,1,4,6H2,2H3/b8-5+/t7-,9+/m1/s1. The average molecular weight is 224 g/mol. The van der Waals surface area contributed by atoms with Gasteiger partial charge in [0.15, 0.2) is 0 Å².